The molecule has 0 unspecified atom stereocenters. The highest BCUT2D eigenvalue weighted by molar-refractivity contribution is 5.43. The molecule has 0 aromatic carbocycles. The van der Waals surface area contributed by atoms with Crippen LogP contribution in [0.4, 0.5) is 0 Å². The Bertz CT molecular complexity index is 2660. The minimum absolute atomic E-state index is 0.175. The molecule has 0 aromatic heterocycles. The summed E-state index contributed by atoms with van der Waals surface area (Å²) >= 11 is 0. The summed E-state index contributed by atoms with van der Waals surface area (Å²) < 4.78 is 0. The lowest BCUT2D eigenvalue weighted by atomic mass is 9.62. The van der Waals surface area contributed by atoms with Gasteiger partial charge in [0.05, 0.1) is 0 Å². The molecule has 0 N–H and O–H groups in total. The summed E-state index contributed by atoms with van der Waals surface area (Å²) in [6.45, 7) is 41.5. The van der Waals surface area contributed by atoms with E-state index in [1.807, 2.05) is 0 Å². The van der Waals surface area contributed by atoms with Gasteiger partial charge in [-0.25, -0.2) is 0 Å². The van der Waals surface area contributed by atoms with Gasteiger partial charge < -0.3 is 0 Å². The number of allylic oxidation sites excluding steroid dienone is 44. The zero-order chi connectivity index (χ0) is 58.9. The second-order valence-electron chi connectivity index (χ2n) is 26.4. The fourth-order valence-corrected chi connectivity index (χ4v) is 12.4. The van der Waals surface area contributed by atoms with Crippen molar-refractivity contribution in [1.82, 2.24) is 0 Å². The molecule has 430 valence electrons. The molecule has 0 amide bonds. The highest BCUT2D eigenvalue weighted by Gasteiger charge is 2.37. The first-order valence-electron chi connectivity index (χ1n) is 30.8. The smallest absolute Gasteiger partial charge is 0.00754 e. The van der Waals surface area contributed by atoms with Crippen molar-refractivity contribution in [2.45, 2.75) is 215 Å². The molecule has 0 spiro atoms. The van der Waals surface area contributed by atoms with Crippen LogP contribution in [0.15, 0.2) is 259 Å². The number of rotatable bonds is 23. The first-order chi connectivity index (χ1) is 37.8. The van der Waals surface area contributed by atoms with Crippen molar-refractivity contribution in [3.8, 4) is 0 Å². The predicted molar refractivity (Wildman–Crippen MR) is 361 cm³/mol. The van der Waals surface area contributed by atoms with Crippen LogP contribution in [0.1, 0.15) is 215 Å². The quantitative estimate of drug-likeness (QED) is 0.0895. The molecule has 80 heavy (non-hydrogen) atoms. The van der Waals surface area contributed by atoms with Gasteiger partial charge in [0.25, 0.3) is 0 Å². The highest BCUT2D eigenvalue weighted by Crippen LogP contribution is 2.51. The van der Waals surface area contributed by atoms with E-state index in [4.69, 9.17) is 0 Å². The third-order valence-corrected chi connectivity index (χ3v) is 17.7. The summed E-state index contributed by atoms with van der Waals surface area (Å²) in [5.41, 5.74) is 23.3. The van der Waals surface area contributed by atoms with Gasteiger partial charge in [-0.05, 0) is 217 Å². The summed E-state index contributed by atoms with van der Waals surface area (Å²) in [7, 11) is 0. The van der Waals surface area contributed by atoms with E-state index in [1.54, 1.807) is 33.4 Å². The summed E-state index contributed by atoms with van der Waals surface area (Å²) in [4.78, 5) is 0. The van der Waals surface area contributed by atoms with Crippen LogP contribution in [0.3, 0.4) is 0 Å². The highest BCUT2D eigenvalue weighted by atomic mass is 14.4. The van der Waals surface area contributed by atoms with Crippen LogP contribution in [0.5, 0.6) is 0 Å². The Hall–Kier alpha value is -5.72. The van der Waals surface area contributed by atoms with Crippen LogP contribution in [0.25, 0.3) is 0 Å². The third kappa shape index (κ3) is 22.7. The molecule has 4 aliphatic carbocycles. The lowest BCUT2D eigenvalue weighted by molar-refractivity contribution is 0.229. The molecule has 2 atom stereocenters. The molecule has 0 saturated heterocycles. The average Bonchev–Trinajstić information content (AvgIpc) is 3.39. The first-order valence-corrected chi connectivity index (χ1v) is 30.8. The maximum absolute atomic E-state index is 2.55. The van der Waals surface area contributed by atoms with Crippen LogP contribution in [0, 0.1) is 21.7 Å². The normalized spacial score (nSPS) is 24.6. The van der Waals surface area contributed by atoms with Crippen molar-refractivity contribution < 1.29 is 0 Å². The Morgan fingerprint density at radius 1 is 0.287 bits per heavy atom. The lowest BCUT2D eigenvalue weighted by Gasteiger charge is -2.42. The maximum Gasteiger partial charge on any atom is -0.00754 e. The van der Waals surface area contributed by atoms with Crippen LogP contribution in [0.2, 0.25) is 0 Å². The van der Waals surface area contributed by atoms with Crippen LogP contribution >= 0.6 is 0 Å². The monoisotopic (exact) mass is 1070 g/mol. The third-order valence-electron chi connectivity index (χ3n) is 17.7. The molecule has 0 aromatic rings. The van der Waals surface area contributed by atoms with E-state index in [9.17, 15) is 0 Å². The summed E-state index contributed by atoms with van der Waals surface area (Å²) in [5, 5.41) is 0. The molecule has 0 aliphatic heterocycles. The Morgan fingerprint density at radius 3 is 0.762 bits per heavy atom. The fourth-order valence-electron chi connectivity index (χ4n) is 12.4. The second-order valence-corrected chi connectivity index (χ2v) is 26.4. The summed E-state index contributed by atoms with van der Waals surface area (Å²) in [6, 6.07) is 0. The molecule has 0 bridgehead atoms. The molecule has 0 heterocycles. The van der Waals surface area contributed by atoms with Gasteiger partial charge >= 0.3 is 0 Å². The summed E-state index contributed by atoms with van der Waals surface area (Å²) in [5.74, 6) is 0. The zero-order valence-electron chi connectivity index (χ0n) is 54.1. The maximum atomic E-state index is 2.55. The van der Waals surface area contributed by atoms with Gasteiger partial charge in [-0.15, -0.1) is 0 Å². The molecular weight excluding hydrogens is 961 g/mol. The summed E-state index contributed by atoms with van der Waals surface area (Å²) in [6.07, 6.45) is 79.9. The molecule has 0 radical (unpaired) electrons. The average molecular weight is 1070 g/mol. The van der Waals surface area contributed by atoms with Gasteiger partial charge in [0.15, 0.2) is 0 Å². The van der Waals surface area contributed by atoms with E-state index in [2.05, 4.69) is 295 Å². The fraction of sp³-hybridized carbons (Fsp3) is 0.450. The molecule has 4 aliphatic rings. The Labute approximate surface area is 492 Å². The van der Waals surface area contributed by atoms with Crippen molar-refractivity contribution >= 4 is 0 Å². The van der Waals surface area contributed by atoms with E-state index in [0.29, 0.717) is 0 Å². The molecule has 0 fully saturated rings. The molecule has 0 nitrogen and oxygen atoms in total. The van der Waals surface area contributed by atoms with Gasteiger partial charge in [0.1, 0.15) is 0 Å². The van der Waals surface area contributed by atoms with Gasteiger partial charge in [-0.1, -0.05) is 279 Å². The van der Waals surface area contributed by atoms with Gasteiger partial charge in [0.2, 0.25) is 0 Å². The topological polar surface area (TPSA) is 0 Å². The SMILES string of the molecule is CC1=C(/C=C/C(C)=C/C=C/C(C)=C/C=C/C=C(C)/C=C/C=C(C)/C=C/C2=C(C)CCC[C@]2(C)CC[C@@]2(C)CCCC(C)=C2/C=C/C(C)=C/C=C/C(C)=C/C=C/C=C(C)/C=C/C=C(C)/C=C/C2=C(C)CCCC2(C)C)C(C)(C)CCC1. The second kappa shape index (κ2) is 32.7. The Kier molecular flexibility index (Phi) is 27.3. The van der Waals surface area contributed by atoms with Crippen molar-refractivity contribution in [2.24, 2.45) is 21.7 Å². The molecule has 0 heteroatoms. The van der Waals surface area contributed by atoms with Crippen LogP contribution < -0.4 is 0 Å². The largest absolute Gasteiger partial charge is 0.0696 e. The van der Waals surface area contributed by atoms with E-state index in [1.165, 1.54) is 146 Å². The van der Waals surface area contributed by atoms with E-state index >= 15 is 0 Å². The lowest BCUT2D eigenvalue weighted by Crippen LogP contribution is -2.29. The Balaban J connectivity index is 1.30. The molecule has 0 saturated carbocycles. The number of hydrogen-bond donors (Lipinski definition) is 0. The van der Waals surface area contributed by atoms with Gasteiger partial charge in [-0.3, -0.25) is 0 Å². The molecule has 4 rings (SSSR count). The van der Waals surface area contributed by atoms with Crippen LogP contribution in [-0.2, 0) is 0 Å². The van der Waals surface area contributed by atoms with Crippen LogP contribution in [-0.4, -0.2) is 0 Å². The van der Waals surface area contributed by atoms with Gasteiger partial charge in [-0.2, -0.15) is 0 Å². The predicted octanol–water partition coefficient (Wildman–Crippen LogP) is 25.0. The van der Waals surface area contributed by atoms with Crippen molar-refractivity contribution in [1.29, 1.82) is 0 Å². The number of hydrogen-bond acceptors (Lipinski definition) is 0. The Morgan fingerprint density at radius 2 is 0.500 bits per heavy atom. The van der Waals surface area contributed by atoms with Crippen molar-refractivity contribution in [3.05, 3.63) is 259 Å². The first kappa shape index (κ1) is 66.8. The van der Waals surface area contributed by atoms with E-state index in [-0.39, 0.29) is 21.7 Å². The standard InChI is InChI=1S/C80H110/c1-61(35-23-39-65(5)47-51-73-69(9)43-27-55-77(73,13)14)31-19-21-33-63(3)37-25-41-67(7)49-53-75-71(11)45-29-57-79(75,17)59-60-80(18)58-30-46-72(12)76(80)54-50-68(8)42-26-38-64(4)34-22-20-32-62(2)36-24-40-66(6)48-52-74-70(10)44-28-56-78(74,15)16/h19-26,31-42,47-54H,27-30,43-46,55-60H2,1-18H3/b21-19+,22-20+,35-23+,36-24+,37-25+,38-26+,51-47+,52-48+,53-49+,54-50+,61-31+,62-32+,63-33+,64-34+,65-39+,66-40+,67-41+,68-42+/t79-,80-/m1/s1. The van der Waals surface area contributed by atoms with Crippen molar-refractivity contribution in [2.75, 3.05) is 0 Å². The van der Waals surface area contributed by atoms with Crippen molar-refractivity contribution in [3.63, 3.8) is 0 Å². The van der Waals surface area contributed by atoms with Gasteiger partial charge in [0, 0.05) is 0 Å². The minimum Gasteiger partial charge on any atom is -0.0696 e. The van der Waals surface area contributed by atoms with E-state index in [0.717, 1.165) is 0 Å². The zero-order valence-corrected chi connectivity index (χ0v) is 54.1. The van der Waals surface area contributed by atoms with E-state index < -0.39 is 0 Å². The molecular formula is C80H110. The minimum atomic E-state index is 0.175.